The summed E-state index contributed by atoms with van der Waals surface area (Å²) >= 11 is 7.23. The van der Waals surface area contributed by atoms with Crippen LogP contribution >= 0.6 is 23.4 Å². The van der Waals surface area contributed by atoms with Gasteiger partial charge >= 0.3 is 5.97 Å². The molecule has 0 heterocycles. The number of carbonyl (C=O) groups is 2. The van der Waals surface area contributed by atoms with Crippen molar-refractivity contribution < 1.29 is 18.7 Å². The molecule has 0 radical (unpaired) electrons. The summed E-state index contributed by atoms with van der Waals surface area (Å²) in [4.78, 5) is 23.4. The van der Waals surface area contributed by atoms with Crippen LogP contribution in [0.2, 0.25) is 5.02 Å². The van der Waals surface area contributed by atoms with E-state index in [1.807, 2.05) is 6.26 Å². The molecule has 7 heteroatoms. The number of ether oxygens (including phenoxy) is 1. The molecule has 0 fully saturated rings. The Kier molecular flexibility index (Phi) is 7.98. The van der Waals surface area contributed by atoms with Crippen molar-refractivity contribution in [1.82, 2.24) is 5.32 Å². The topological polar surface area (TPSA) is 55.4 Å². The minimum atomic E-state index is -0.689. The fourth-order valence-corrected chi connectivity index (χ4v) is 2.30. The summed E-state index contributed by atoms with van der Waals surface area (Å²) in [6.45, 7) is 0. The number of esters is 1. The van der Waals surface area contributed by atoms with E-state index >= 15 is 0 Å². The van der Waals surface area contributed by atoms with E-state index in [1.54, 1.807) is 11.8 Å². The average molecular weight is 346 g/mol. The van der Waals surface area contributed by atoms with E-state index in [2.05, 4.69) is 10.1 Å². The summed E-state index contributed by atoms with van der Waals surface area (Å²) in [7, 11) is 1.27. The first-order valence-corrected chi connectivity index (χ1v) is 8.25. The van der Waals surface area contributed by atoms with E-state index < -0.39 is 23.7 Å². The number of hydrogen-bond acceptors (Lipinski definition) is 4. The molecular weight excluding hydrogens is 329 g/mol. The molecule has 0 aromatic heterocycles. The molecule has 0 aliphatic carbocycles. The molecule has 1 atom stereocenters. The summed E-state index contributed by atoms with van der Waals surface area (Å²) in [5.41, 5.74) is 0.584. The van der Waals surface area contributed by atoms with Crippen molar-refractivity contribution in [3.8, 4) is 0 Å². The Morgan fingerprint density at radius 2 is 2.23 bits per heavy atom. The summed E-state index contributed by atoms with van der Waals surface area (Å²) in [6, 6.07) is 3.43. The van der Waals surface area contributed by atoms with Gasteiger partial charge in [-0.05, 0) is 42.2 Å². The van der Waals surface area contributed by atoms with Crippen LogP contribution in [0.25, 0.3) is 6.08 Å². The van der Waals surface area contributed by atoms with Crippen LogP contribution in [0.5, 0.6) is 0 Å². The average Bonchev–Trinajstić information content (AvgIpc) is 2.51. The Morgan fingerprint density at radius 1 is 1.50 bits per heavy atom. The molecule has 120 valence electrons. The minimum absolute atomic E-state index is 0.0185. The Morgan fingerprint density at radius 3 is 2.82 bits per heavy atom. The van der Waals surface area contributed by atoms with Crippen LogP contribution in [0.15, 0.2) is 24.3 Å². The Bertz CT molecular complexity index is 566. The lowest BCUT2D eigenvalue weighted by atomic mass is 10.2. The summed E-state index contributed by atoms with van der Waals surface area (Å²) in [5.74, 6) is -0.721. The van der Waals surface area contributed by atoms with Crippen LogP contribution < -0.4 is 5.32 Å². The molecule has 1 rings (SSSR count). The monoisotopic (exact) mass is 345 g/mol. The van der Waals surface area contributed by atoms with Crippen LogP contribution in [-0.2, 0) is 14.3 Å². The largest absolute Gasteiger partial charge is 0.467 e. The van der Waals surface area contributed by atoms with Crippen LogP contribution in [0.1, 0.15) is 12.0 Å². The zero-order valence-corrected chi connectivity index (χ0v) is 13.8. The molecule has 0 spiro atoms. The molecule has 0 aliphatic rings. The molecule has 1 aromatic carbocycles. The minimum Gasteiger partial charge on any atom is -0.467 e. The number of methoxy groups -OCH3 is 1. The zero-order chi connectivity index (χ0) is 16.5. The zero-order valence-electron chi connectivity index (χ0n) is 12.3. The second-order valence-electron chi connectivity index (χ2n) is 4.37. The fourth-order valence-electron chi connectivity index (χ4n) is 1.63. The smallest absolute Gasteiger partial charge is 0.328 e. The van der Waals surface area contributed by atoms with Crippen LogP contribution in [0, 0.1) is 5.82 Å². The van der Waals surface area contributed by atoms with E-state index in [4.69, 9.17) is 11.6 Å². The SMILES string of the molecule is COC(=O)[C@H](CCSC)NC(=O)/C=C/c1ccc(F)c(Cl)c1. The maximum Gasteiger partial charge on any atom is 0.328 e. The number of amides is 1. The number of thioether (sulfide) groups is 1. The summed E-state index contributed by atoms with van der Waals surface area (Å²) in [6.07, 6.45) is 5.15. The van der Waals surface area contributed by atoms with Crippen LogP contribution in [-0.4, -0.2) is 37.0 Å². The van der Waals surface area contributed by atoms with Crippen molar-refractivity contribution in [2.24, 2.45) is 0 Å². The lowest BCUT2D eigenvalue weighted by Gasteiger charge is -2.14. The van der Waals surface area contributed by atoms with E-state index in [0.29, 0.717) is 12.0 Å². The van der Waals surface area contributed by atoms with Crippen molar-refractivity contribution in [2.75, 3.05) is 19.1 Å². The van der Waals surface area contributed by atoms with Gasteiger partial charge in [-0.3, -0.25) is 4.79 Å². The lowest BCUT2D eigenvalue weighted by molar-refractivity contribution is -0.144. The standard InChI is InChI=1S/C15H17ClFNO3S/c1-21-15(20)13(7-8-22-2)18-14(19)6-4-10-3-5-12(17)11(16)9-10/h3-6,9,13H,7-8H2,1-2H3,(H,18,19)/b6-4+/t13-/m0/s1. The second kappa shape index (κ2) is 9.48. The first-order valence-electron chi connectivity index (χ1n) is 6.48. The highest BCUT2D eigenvalue weighted by Gasteiger charge is 2.19. The summed E-state index contributed by atoms with van der Waals surface area (Å²) < 4.78 is 17.7. The number of halogens is 2. The quantitative estimate of drug-likeness (QED) is 0.610. The number of carbonyl (C=O) groups excluding carboxylic acids is 2. The van der Waals surface area contributed by atoms with Gasteiger partial charge < -0.3 is 10.1 Å². The van der Waals surface area contributed by atoms with Gasteiger partial charge in [0.1, 0.15) is 11.9 Å². The molecule has 0 unspecified atom stereocenters. The third-order valence-corrected chi connectivity index (χ3v) is 3.72. The van der Waals surface area contributed by atoms with Gasteiger partial charge in [-0.25, -0.2) is 9.18 Å². The summed E-state index contributed by atoms with van der Waals surface area (Å²) in [5, 5.41) is 2.56. The molecular formula is C15H17ClFNO3S. The molecule has 0 aliphatic heterocycles. The maximum atomic E-state index is 13.0. The predicted molar refractivity (Wildman–Crippen MR) is 87.4 cm³/mol. The molecule has 4 nitrogen and oxygen atoms in total. The van der Waals surface area contributed by atoms with E-state index in [1.165, 1.54) is 37.5 Å². The molecule has 0 saturated carbocycles. The van der Waals surface area contributed by atoms with Crippen molar-refractivity contribution in [3.63, 3.8) is 0 Å². The highest BCUT2D eigenvalue weighted by molar-refractivity contribution is 7.98. The van der Waals surface area contributed by atoms with Crippen molar-refractivity contribution in [3.05, 3.63) is 40.7 Å². The van der Waals surface area contributed by atoms with Crippen LogP contribution in [0.4, 0.5) is 4.39 Å². The van der Waals surface area contributed by atoms with Crippen molar-refractivity contribution in [2.45, 2.75) is 12.5 Å². The van der Waals surface area contributed by atoms with Gasteiger partial charge in [-0.15, -0.1) is 0 Å². The van der Waals surface area contributed by atoms with E-state index in [9.17, 15) is 14.0 Å². The molecule has 22 heavy (non-hydrogen) atoms. The molecule has 0 saturated heterocycles. The molecule has 0 bridgehead atoms. The predicted octanol–water partition coefficient (Wildman–Crippen LogP) is 2.90. The first-order chi connectivity index (χ1) is 10.5. The van der Waals surface area contributed by atoms with E-state index in [0.717, 1.165) is 5.75 Å². The number of hydrogen-bond donors (Lipinski definition) is 1. The Balaban J connectivity index is 2.67. The fraction of sp³-hybridized carbons (Fsp3) is 0.333. The molecule has 1 amide bonds. The highest BCUT2D eigenvalue weighted by Crippen LogP contribution is 2.16. The Labute approximate surface area is 138 Å². The van der Waals surface area contributed by atoms with Gasteiger partial charge in [-0.1, -0.05) is 17.7 Å². The lowest BCUT2D eigenvalue weighted by Crippen LogP contribution is -2.41. The van der Waals surface area contributed by atoms with Gasteiger partial charge in [0.25, 0.3) is 0 Å². The normalized spacial score (nSPS) is 12.2. The van der Waals surface area contributed by atoms with Crippen molar-refractivity contribution in [1.29, 1.82) is 0 Å². The number of nitrogens with one attached hydrogen (secondary N) is 1. The van der Waals surface area contributed by atoms with Gasteiger partial charge in [0.05, 0.1) is 12.1 Å². The van der Waals surface area contributed by atoms with Gasteiger partial charge in [-0.2, -0.15) is 11.8 Å². The van der Waals surface area contributed by atoms with Crippen LogP contribution in [0.3, 0.4) is 0 Å². The van der Waals surface area contributed by atoms with Gasteiger partial charge in [0, 0.05) is 6.08 Å². The van der Waals surface area contributed by atoms with Crippen molar-refractivity contribution >= 4 is 41.3 Å². The second-order valence-corrected chi connectivity index (χ2v) is 5.77. The first kappa shape index (κ1) is 18.5. The third-order valence-electron chi connectivity index (χ3n) is 2.78. The van der Waals surface area contributed by atoms with E-state index in [-0.39, 0.29) is 5.02 Å². The maximum absolute atomic E-state index is 13.0. The number of benzene rings is 1. The van der Waals surface area contributed by atoms with Gasteiger partial charge in [0.2, 0.25) is 5.91 Å². The Hall–Kier alpha value is -1.53. The molecule has 1 aromatic rings. The third kappa shape index (κ3) is 6.07. The van der Waals surface area contributed by atoms with Gasteiger partial charge in [0.15, 0.2) is 0 Å². The number of rotatable bonds is 7. The molecule has 1 N–H and O–H groups in total. The highest BCUT2D eigenvalue weighted by atomic mass is 35.5.